The maximum absolute atomic E-state index is 12.4. The molecule has 0 heterocycles. The van der Waals surface area contributed by atoms with Crippen molar-refractivity contribution in [3.8, 4) is 17.2 Å². The molecule has 0 atom stereocenters. The predicted molar refractivity (Wildman–Crippen MR) is 113 cm³/mol. The van der Waals surface area contributed by atoms with E-state index in [1.807, 2.05) is 0 Å². The highest BCUT2D eigenvalue weighted by molar-refractivity contribution is 6.04. The molecular formula is C23H22N2O5. The summed E-state index contributed by atoms with van der Waals surface area (Å²) in [5.41, 5.74) is 7.67. The quantitative estimate of drug-likeness (QED) is 0.595. The third-order valence-electron chi connectivity index (χ3n) is 4.41. The van der Waals surface area contributed by atoms with Crippen molar-refractivity contribution >= 4 is 17.5 Å². The predicted octanol–water partition coefficient (Wildman–Crippen LogP) is 3.63. The minimum atomic E-state index is -0.585. The highest BCUT2D eigenvalue weighted by Gasteiger charge is 2.12. The molecule has 0 aliphatic heterocycles. The lowest BCUT2D eigenvalue weighted by molar-refractivity contribution is 0.0993. The van der Waals surface area contributed by atoms with Gasteiger partial charge in [0.15, 0.2) is 0 Å². The Morgan fingerprint density at radius 2 is 1.50 bits per heavy atom. The molecule has 0 saturated carbocycles. The number of hydrogen-bond acceptors (Lipinski definition) is 5. The first kappa shape index (κ1) is 20.7. The van der Waals surface area contributed by atoms with Crippen molar-refractivity contribution in [2.45, 2.75) is 6.61 Å². The molecule has 0 radical (unpaired) electrons. The fourth-order valence-corrected chi connectivity index (χ4v) is 2.74. The van der Waals surface area contributed by atoms with Crippen molar-refractivity contribution in [1.29, 1.82) is 0 Å². The molecule has 7 heteroatoms. The van der Waals surface area contributed by atoms with E-state index in [0.29, 0.717) is 28.5 Å². The van der Waals surface area contributed by atoms with Gasteiger partial charge in [-0.25, -0.2) is 0 Å². The van der Waals surface area contributed by atoms with E-state index in [9.17, 15) is 9.59 Å². The molecule has 0 aromatic heterocycles. The Kier molecular flexibility index (Phi) is 6.54. The molecule has 0 spiro atoms. The molecule has 2 amide bonds. The van der Waals surface area contributed by atoms with Crippen molar-refractivity contribution in [3.05, 3.63) is 83.4 Å². The number of nitrogens with two attached hydrogens (primary N) is 1. The lowest BCUT2D eigenvalue weighted by Crippen LogP contribution is -2.13. The van der Waals surface area contributed by atoms with Gasteiger partial charge in [-0.3, -0.25) is 9.59 Å². The molecule has 0 unspecified atom stereocenters. The number of benzene rings is 3. The molecule has 30 heavy (non-hydrogen) atoms. The largest absolute Gasteiger partial charge is 0.497 e. The molecule has 0 aliphatic carbocycles. The third-order valence-corrected chi connectivity index (χ3v) is 4.41. The van der Waals surface area contributed by atoms with Gasteiger partial charge in [0.1, 0.15) is 23.9 Å². The second-order valence-corrected chi connectivity index (χ2v) is 6.39. The fraction of sp³-hybridized carbons (Fsp3) is 0.130. The van der Waals surface area contributed by atoms with Crippen molar-refractivity contribution in [2.75, 3.05) is 19.5 Å². The lowest BCUT2D eigenvalue weighted by Gasteiger charge is -2.12. The number of carbonyl (C=O) groups excluding carboxylic acids is 2. The molecular weight excluding hydrogens is 384 g/mol. The first-order chi connectivity index (χ1) is 14.5. The average molecular weight is 406 g/mol. The topological polar surface area (TPSA) is 99.9 Å². The SMILES string of the molecule is COc1ccc(NC(=O)c2ccc(COc3cc(OC)ccc3C(N)=O)cc2)cc1. The summed E-state index contributed by atoms with van der Waals surface area (Å²) < 4.78 is 16.0. The Bertz CT molecular complexity index is 1030. The minimum absolute atomic E-state index is 0.202. The molecule has 154 valence electrons. The Morgan fingerprint density at radius 1 is 0.867 bits per heavy atom. The van der Waals surface area contributed by atoms with Crippen LogP contribution in [0.4, 0.5) is 5.69 Å². The first-order valence-corrected chi connectivity index (χ1v) is 9.15. The second kappa shape index (κ2) is 9.47. The van der Waals surface area contributed by atoms with E-state index in [1.54, 1.807) is 73.8 Å². The van der Waals surface area contributed by atoms with Gasteiger partial charge in [0.25, 0.3) is 11.8 Å². The van der Waals surface area contributed by atoms with E-state index in [2.05, 4.69) is 5.32 Å². The summed E-state index contributed by atoms with van der Waals surface area (Å²) in [7, 11) is 3.11. The lowest BCUT2D eigenvalue weighted by atomic mass is 10.1. The number of primary amides is 1. The number of anilines is 1. The number of rotatable bonds is 8. The van der Waals surface area contributed by atoms with Crippen molar-refractivity contribution in [2.24, 2.45) is 5.73 Å². The summed E-state index contributed by atoms with van der Waals surface area (Å²) in [6.07, 6.45) is 0. The van der Waals surface area contributed by atoms with Gasteiger partial charge in [-0.05, 0) is 54.1 Å². The number of amides is 2. The summed E-state index contributed by atoms with van der Waals surface area (Å²) in [6, 6.07) is 18.9. The van der Waals surface area contributed by atoms with Gasteiger partial charge in [-0.2, -0.15) is 0 Å². The van der Waals surface area contributed by atoms with Gasteiger partial charge in [-0.15, -0.1) is 0 Å². The van der Waals surface area contributed by atoms with Crippen molar-refractivity contribution in [3.63, 3.8) is 0 Å². The van der Waals surface area contributed by atoms with Crippen LogP contribution >= 0.6 is 0 Å². The Balaban J connectivity index is 1.64. The number of carbonyl (C=O) groups is 2. The first-order valence-electron chi connectivity index (χ1n) is 9.15. The molecule has 0 aliphatic rings. The zero-order chi connectivity index (χ0) is 21.5. The number of methoxy groups -OCH3 is 2. The van der Waals surface area contributed by atoms with Crippen LogP contribution in [0, 0.1) is 0 Å². The van der Waals surface area contributed by atoms with Gasteiger partial charge in [0.2, 0.25) is 0 Å². The second-order valence-electron chi connectivity index (χ2n) is 6.39. The fourth-order valence-electron chi connectivity index (χ4n) is 2.74. The Hall–Kier alpha value is -4.00. The molecule has 3 rings (SSSR count). The van der Waals surface area contributed by atoms with E-state index in [-0.39, 0.29) is 18.1 Å². The summed E-state index contributed by atoms with van der Waals surface area (Å²) in [6.45, 7) is 0.202. The minimum Gasteiger partial charge on any atom is -0.497 e. The Morgan fingerprint density at radius 3 is 2.10 bits per heavy atom. The van der Waals surface area contributed by atoms with E-state index in [4.69, 9.17) is 19.9 Å². The van der Waals surface area contributed by atoms with E-state index >= 15 is 0 Å². The molecule has 0 saturated heterocycles. The summed E-state index contributed by atoms with van der Waals surface area (Å²) >= 11 is 0. The van der Waals surface area contributed by atoms with Crippen LogP contribution in [0.1, 0.15) is 26.3 Å². The highest BCUT2D eigenvalue weighted by atomic mass is 16.5. The third kappa shape index (κ3) is 5.08. The van der Waals surface area contributed by atoms with Crippen LogP contribution < -0.4 is 25.3 Å². The summed E-state index contributed by atoms with van der Waals surface area (Å²) in [5, 5.41) is 2.83. The van der Waals surface area contributed by atoms with Gasteiger partial charge in [0, 0.05) is 17.3 Å². The van der Waals surface area contributed by atoms with Gasteiger partial charge in [-0.1, -0.05) is 12.1 Å². The van der Waals surface area contributed by atoms with Crippen LogP contribution in [-0.4, -0.2) is 26.0 Å². The summed E-state index contributed by atoms with van der Waals surface area (Å²) in [4.78, 5) is 24.0. The molecule has 3 aromatic carbocycles. The van der Waals surface area contributed by atoms with Crippen LogP contribution in [0.15, 0.2) is 66.7 Å². The highest BCUT2D eigenvalue weighted by Crippen LogP contribution is 2.25. The van der Waals surface area contributed by atoms with Crippen LogP contribution in [-0.2, 0) is 6.61 Å². The van der Waals surface area contributed by atoms with Gasteiger partial charge in [0.05, 0.1) is 19.8 Å². The number of ether oxygens (including phenoxy) is 3. The van der Waals surface area contributed by atoms with Gasteiger partial charge >= 0.3 is 0 Å². The zero-order valence-corrected chi connectivity index (χ0v) is 16.7. The molecule has 3 aromatic rings. The van der Waals surface area contributed by atoms with E-state index in [0.717, 1.165) is 5.56 Å². The van der Waals surface area contributed by atoms with Crippen LogP contribution in [0.2, 0.25) is 0 Å². The maximum atomic E-state index is 12.4. The smallest absolute Gasteiger partial charge is 0.255 e. The molecule has 0 fully saturated rings. The molecule has 0 bridgehead atoms. The van der Waals surface area contributed by atoms with Crippen LogP contribution in [0.3, 0.4) is 0 Å². The number of hydrogen-bond donors (Lipinski definition) is 2. The van der Waals surface area contributed by atoms with E-state index in [1.165, 1.54) is 7.11 Å². The standard InChI is InChI=1S/C23H22N2O5/c1-28-18-9-7-17(8-10-18)25-23(27)16-5-3-15(4-6-16)14-30-21-13-19(29-2)11-12-20(21)22(24)26/h3-13H,14H2,1-2H3,(H2,24,26)(H,25,27). The van der Waals surface area contributed by atoms with Crippen LogP contribution in [0.25, 0.3) is 0 Å². The Labute approximate surface area is 174 Å². The molecule has 7 nitrogen and oxygen atoms in total. The molecule has 3 N–H and O–H groups in total. The van der Waals surface area contributed by atoms with Crippen molar-refractivity contribution < 1.29 is 23.8 Å². The maximum Gasteiger partial charge on any atom is 0.255 e. The zero-order valence-electron chi connectivity index (χ0n) is 16.7. The normalized spacial score (nSPS) is 10.2. The summed E-state index contributed by atoms with van der Waals surface area (Å²) in [5.74, 6) is 0.797. The van der Waals surface area contributed by atoms with Crippen LogP contribution in [0.5, 0.6) is 17.2 Å². The average Bonchev–Trinajstić information content (AvgIpc) is 2.78. The van der Waals surface area contributed by atoms with E-state index < -0.39 is 5.91 Å². The van der Waals surface area contributed by atoms with Gasteiger partial charge < -0.3 is 25.3 Å². The van der Waals surface area contributed by atoms with Crippen molar-refractivity contribution in [1.82, 2.24) is 0 Å². The number of nitrogens with one attached hydrogen (secondary N) is 1. The monoisotopic (exact) mass is 406 g/mol.